The Hall–Kier alpha value is -2.66. The first-order valence-corrected chi connectivity index (χ1v) is 10.6. The van der Waals surface area contributed by atoms with Gasteiger partial charge in [0.25, 0.3) is 0 Å². The Morgan fingerprint density at radius 1 is 1.17 bits per heavy atom. The smallest absolute Gasteiger partial charge is 0.341 e. The molecule has 1 aromatic carbocycles. The number of nitrogens with one attached hydrogen (secondary N) is 1. The molecule has 0 radical (unpaired) electrons. The molecule has 0 spiro atoms. The molecule has 152 valence electrons. The number of carbonyl (C=O) groups excluding carboxylic acids is 1. The third-order valence-electron chi connectivity index (χ3n) is 5.88. The van der Waals surface area contributed by atoms with Gasteiger partial charge in [0.1, 0.15) is 6.10 Å². The molecule has 0 saturated carbocycles. The molecule has 1 saturated heterocycles. The number of benzene rings is 1. The summed E-state index contributed by atoms with van der Waals surface area (Å²) in [6.07, 6.45) is 8.08. The highest BCUT2D eigenvalue weighted by atomic mass is 16.5. The maximum absolute atomic E-state index is 13.0. The summed E-state index contributed by atoms with van der Waals surface area (Å²) in [6, 6.07) is 10.1. The number of piperidine rings is 1. The summed E-state index contributed by atoms with van der Waals surface area (Å²) >= 11 is 0. The van der Waals surface area contributed by atoms with Crippen molar-refractivity contribution in [2.75, 3.05) is 19.6 Å². The number of carbonyl (C=O) groups is 1. The Balaban J connectivity index is 1.52. The number of hydrogen-bond donors (Lipinski definition) is 1. The monoisotopic (exact) mass is 391 g/mol. The van der Waals surface area contributed by atoms with Crippen LogP contribution in [0.4, 0.5) is 0 Å². The average molecular weight is 392 g/mol. The van der Waals surface area contributed by atoms with Crippen molar-refractivity contribution in [1.82, 2.24) is 14.9 Å². The number of aromatic nitrogens is 2. The van der Waals surface area contributed by atoms with Crippen LogP contribution in [-0.2, 0) is 11.2 Å². The zero-order chi connectivity index (χ0) is 20.2. The fourth-order valence-electron chi connectivity index (χ4n) is 4.18. The van der Waals surface area contributed by atoms with Crippen LogP contribution in [0.5, 0.6) is 0 Å². The zero-order valence-electron chi connectivity index (χ0n) is 17.3. The van der Waals surface area contributed by atoms with Gasteiger partial charge in [-0.25, -0.2) is 4.79 Å². The zero-order valence-corrected chi connectivity index (χ0v) is 17.3. The number of hydrogen-bond acceptors (Lipinski definition) is 4. The molecule has 0 bridgehead atoms. The minimum atomic E-state index is -0.322. The van der Waals surface area contributed by atoms with Crippen molar-refractivity contribution < 1.29 is 9.53 Å². The number of fused-ring (bicyclic) bond motifs is 1. The van der Waals surface area contributed by atoms with Crippen molar-refractivity contribution in [1.29, 1.82) is 0 Å². The van der Waals surface area contributed by atoms with E-state index in [2.05, 4.69) is 33.1 Å². The normalized spacial score (nSPS) is 16.1. The molecule has 29 heavy (non-hydrogen) atoms. The van der Waals surface area contributed by atoms with E-state index in [9.17, 15) is 4.79 Å². The summed E-state index contributed by atoms with van der Waals surface area (Å²) in [5.74, 6) is -0.286. The van der Waals surface area contributed by atoms with Crippen LogP contribution in [0.25, 0.3) is 10.9 Å². The van der Waals surface area contributed by atoms with Gasteiger partial charge in [-0.1, -0.05) is 12.5 Å². The summed E-state index contributed by atoms with van der Waals surface area (Å²) < 4.78 is 5.77. The van der Waals surface area contributed by atoms with Gasteiger partial charge in [0, 0.05) is 35.5 Å². The predicted molar refractivity (Wildman–Crippen MR) is 115 cm³/mol. The molecule has 1 aliphatic heterocycles. The highest BCUT2D eigenvalue weighted by Crippen LogP contribution is 2.27. The molecule has 3 heterocycles. The molecule has 1 fully saturated rings. The van der Waals surface area contributed by atoms with Crippen molar-refractivity contribution in [3.05, 3.63) is 65.1 Å². The number of H-pyrrole nitrogens is 1. The standard InChI is InChI=1S/C24H29N3O2/c1-17-23(24(28)29-18(2)20-8-11-25-12-9-20)21-16-19(6-7-22(21)26-17)10-15-27-13-4-3-5-14-27/h6-9,11-12,16,18,26H,3-5,10,13-15H2,1-2H3/t18-/m0/s1. The lowest BCUT2D eigenvalue weighted by atomic mass is 10.0. The quantitative estimate of drug-likeness (QED) is 0.612. The van der Waals surface area contributed by atoms with Gasteiger partial charge in [-0.3, -0.25) is 4.98 Å². The average Bonchev–Trinajstić information content (AvgIpc) is 3.08. The fraction of sp³-hybridized carbons (Fsp3) is 0.417. The van der Waals surface area contributed by atoms with E-state index in [0.717, 1.165) is 35.1 Å². The van der Waals surface area contributed by atoms with E-state index >= 15 is 0 Å². The molecule has 2 aromatic heterocycles. The molecule has 0 amide bonds. The second kappa shape index (κ2) is 8.78. The van der Waals surface area contributed by atoms with Crippen LogP contribution in [0.1, 0.15) is 59.5 Å². The molecule has 3 aromatic rings. The molecular weight excluding hydrogens is 362 g/mol. The maximum Gasteiger partial charge on any atom is 0.341 e. The number of rotatable bonds is 6. The summed E-state index contributed by atoms with van der Waals surface area (Å²) in [5.41, 5.74) is 4.67. The van der Waals surface area contributed by atoms with Crippen molar-refractivity contribution in [3.8, 4) is 0 Å². The number of pyridine rings is 1. The molecule has 0 unspecified atom stereocenters. The minimum Gasteiger partial charge on any atom is -0.454 e. The molecule has 4 rings (SSSR count). The van der Waals surface area contributed by atoms with Gasteiger partial charge in [-0.05, 0) is 81.6 Å². The van der Waals surface area contributed by atoms with Crippen LogP contribution in [0.2, 0.25) is 0 Å². The first-order valence-electron chi connectivity index (χ1n) is 10.6. The van der Waals surface area contributed by atoms with E-state index in [1.807, 2.05) is 26.0 Å². The fourth-order valence-corrected chi connectivity index (χ4v) is 4.18. The van der Waals surface area contributed by atoms with Crippen LogP contribution < -0.4 is 0 Å². The van der Waals surface area contributed by atoms with Crippen molar-refractivity contribution >= 4 is 16.9 Å². The summed E-state index contributed by atoms with van der Waals surface area (Å²) in [6.45, 7) is 7.31. The van der Waals surface area contributed by atoms with Gasteiger partial charge in [-0.15, -0.1) is 0 Å². The number of ether oxygens (including phenoxy) is 1. The van der Waals surface area contributed by atoms with Gasteiger partial charge >= 0.3 is 5.97 Å². The molecular formula is C24H29N3O2. The van der Waals surface area contributed by atoms with Crippen LogP contribution >= 0.6 is 0 Å². The maximum atomic E-state index is 13.0. The Morgan fingerprint density at radius 3 is 2.69 bits per heavy atom. The summed E-state index contributed by atoms with van der Waals surface area (Å²) in [4.78, 5) is 22.9. The van der Waals surface area contributed by atoms with E-state index < -0.39 is 0 Å². The topological polar surface area (TPSA) is 58.2 Å². The summed E-state index contributed by atoms with van der Waals surface area (Å²) in [7, 11) is 0. The van der Waals surface area contributed by atoms with Gasteiger partial charge in [0.2, 0.25) is 0 Å². The number of aryl methyl sites for hydroxylation is 1. The van der Waals surface area contributed by atoms with Crippen LogP contribution in [0.15, 0.2) is 42.7 Å². The van der Waals surface area contributed by atoms with Crippen molar-refractivity contribution in [3.63, 3.8) is 0 Å². The third kappa shape index (κ3) is 4.51. The number of nitrogens with zero attached hydrogens (tertiary/aromatic N) is 2. The van der Waals surface area contributed by atoms with Crippen molar-refractivity contribution in [2.45, 2.75) is 45.6 Å². The van der Waals surface area contributed by atoms with Gasteiger partial charge in [0.05, 0.1) is 5.56 Å². The van der Waals surface area contributed by atoms with E-state index in [1.54, 1.807) is 12.4 Å². The molecule has 1 N–H and O–H groups in total. The molecule has 5 heteroatoms. The largest absolute Gasteiger partial charge is 0.454 e. The Bertz CT molecular complexity index is 974. The van der Waals surface area contributed by atoms with Crippen LogP contribution in [0, 0.1) is 6.92 Å². The van der Waals surface area contributed by atoms with E-state index in [1.165, 1.54) is 37.9 Å². The first-order chi connectivity index (χ1) is 14.1. The lowest BCUT2D eigenvalue weighted by Crippen LogP contribution is -2.31. The van der Waals surface area contributed by atoms with Gasteiger partial charge in [0.15, 0.2) is 0 Å². The molecule has 0 aliphatic carbocycles. The highest BCUT2D eigenvalue weighted by molar-refractivity contribution is 6.05. The predicted octanol–water partition coefficient (Wildman–Crippen LogP) is 4.82. The number of aromatic amines is 1. The minimum absolute atomic E-state index is 0.286. The molecule has 1 atom stereocenters. The summed E-state index contributed by atoms with van der Waals surface area (Å²) in [5, 5.41) is 0.950. The van der Waals surface area contributed by atoms with E-state index in [-0.39, 0.29) is 12.1 Å². The van der Waals surface area contributed by atoms with Crippen LogP contribution in [0.3, 0.4) is 0 Å². The van der Waals surface area contributed by atoms with Crippen molar-refractivity contribution in [2.24, 2.45) is 0 Å². The highest BCUT2D eigenvalue weighted by Gasteiger charge is 2.21. The first kappa shape index (κ1) is 19.6. The van der Waals surface area contributed by atoms with E-state index in [0.29, 0.717) is 5.56 Å². The van der Waals surface area contributed by atoms with Gasteiger partial charge < -0.3 is 14.6 Å². The van der Waals surface area contributed by atoms with E-state index in [4.69, 9.17) is 4.74 Å². The number of esters is 1. The third-order valence-corrected chi connectivity index (χ3v) is 5.88. The SMILES string of the molecule is Cc1[nH]c2ccc(CCN3CCCCC3)cc2c1C(=O)O[C@@H](C)c1ccncc1. The molecule has 5 nitrogen and oxygen atoms in total. The second-order valence-electron chi connectivity index (χ2n) is 7.99. The number of likely N-dealkylation sites (tertiary alicyclic amines) is 1. The van der Waals surface area contributed by atoms with Crippen LogP contribution in [-0.4, -0.2) is 40.5 Å². The lowest BCUT2D eigenvalue weighted by molar-refractivity contribution is 0.0339. The van der Waals surface area contributed by atoms with Gasteiger partial charge in [-0.2, -0.15) is 0 Å². The Morgan fingerprint density at radius 2 is 1.93 bits per heavy atom. The lowest BCUT2D eigenvalue weighted by Gasteiger charge is -2.26. The second-order valence-corrected chi connectivity index (χ2v) is 7.99. The molecule has 1 aliphatic rings. The Labute approximate surface area is 172 Å². The Kier molecular flexibility index (Phi) is 5.95.